The highest BCUT2D eigenvalue weighted by molar-refractivity contribution is 6.05. The summed E-state index contributed by atoms with van der Waals surface area (Å²) in [6.07, 6.45) is 1.78. The average molecular weight is 272 g/mol. The van der Waals surface area contributed by atoms with Crippen LogP contribution in [0.25, 0.3) is 10.8 Å². The number of esters is 1. The lowest BCUT2D eigenvalue weighted by Crippen LogP contribution is -2.30. The number of rotatable bonds is 4. The molecule has 0 bridgehead atoms. The molecular formula is C15H16N2O3. The van der Waals surface area contributed by atoms with Crippen LogP contribution < -0.4 is 0 Å². The zero-order valence-corrected chi connectivity index (χ0v) is 11.5. The van der Waals surface area contributed by atoms with Crippen LogP contribution in [0, 0.1) is 0 Å². The Balaban J connectivity index is 2.21. The van der Waals surface area contributed by atoms with Gasteiger partial charge in [0.2, 0.25) is 0 Å². The highest BCUT2D eigenvalue weighted by atomic mass is 16.5. The minimum atomic E-state index is -0.337. The Kier molecular flexibility index (Phi) is 4.30. The van der Waals surface area contributed by atoms with Crippen molar-refractivity contribution >= 4 is 22.6 Å². The van der Waals surface area contributed by atoms with Gasteiger partial charge in [0.25, 0.3) is 5.91 Å². The molecule has 0 N–H and O–H groups in total. The molecule has 20 heavy (non-hydrogen) atoms. The molecule has 0 spiro atoms. The van der Waals surface area contributed by atoms with E-state index in [1.165, 1.54) is 12.0 Å². The molecule has 0 saturated heterocycles. The number of methoxy groups -OCH3 is 1. The number of fused-ring (bicyclic) bond motifs is 1. The Morgan fingerprint density at radius 2 is 2.00 bits per heavy atom. The van der Waals surface area contributed by atoms with Crippen LogP contribution in [-0.2, 0) is 9.53 Å². The van der Waals surface area contributed by atoms with E-state index in [2.05, 4.69) is 9.72 Å². The Morgan fingerprint density at radius 1 is 1.25 bits per heavy atom. The third-order valence-corrected chi connectivity index (χ3v) is 3.10. The third-order valence-electron chi connectivity index (χ3n) is 3.10. The molecule has 0 fully saturated rings. The highest BCUT2D eigenvalue weighted by Crippen LogP contribution is 2.17. The van der Waals surface area contributed by atoms with Crippen molar-refractivity contribution in [3.05, 3.63) is 42.2 Å². The second-order valence-electron chi connectivity index (χ2n) is 4.43. The number of hydrogen-bond acceptors (Lipinski definition) is 4. The van der Waals surface area contributed by atoms with Crippen molar-refractivity contribution in [1.82, 2.24) is 9.88 Å². The number of benzene rings is 1. The second kappa shape index (κ2) is 6.14. The minimum Gasteiger partial charge on any atom is -0.469 e. The summed E-state index contributed by atoms with van der Waals surface area (Å²) >= 11 is 0. The molecule has 0 saturated carbocycles. The Bertz CT molecular complexity index is 635. The highest BCUT2D eigenvalue weighted by Gasteiger charge is 2.16. The zero-order chi connectivity index (χ0) is 14.5. The monoisotopic (exact) mass is 272 g/mol. The lowest BCUT2D eigenvalue weighted by atomic mass is 10.1. The predicted molar refractivity (Wildman–Crippen MR) is 75.3 cm³/mol. The number of amides is 1. The summed E-state index contributed by atoms with van der Waals surface area (Å²) in [5.74, 6) is -0.541. The Hall–Kier alpha value is -2.43. The van der Waals surface area contributed by atoms with E-state index in [1.807, 2.05) is 30.3 Å². The first-order valence-electron chi connectivity index (χ1n) is 6.29. The van der Waals surface area contributed by atoms with Gasteiger partial charge >= 0.3 is 5.97 Å². The molecule has 0 unspecified atom stereocenters. The maximum absolute atomic E-state index is 12.4. The summed E-state index contributed by atoms with van der Waals surface area (Å²) in [6.45, 7) is 0.302. The van der Waals surface area contributed by atoms with Crippen LogP contribution in [0.2, 0.25) is 0 Å². The lowest BCUT2D eigenvalue weighted by Gasteiger charge is -2.16. The molecule has 0 atom stereocenters. The minimum absolute atomic E-state index is 0.170. The number of carbonyl (C=O) groups is 2. The van der Waals surface area contributed by atoms with Gasteiger partial charge in [-0.1, -0.05) is 24.3 Å². The molecule has 0 radical (unpaired) electrons. The van der Waals surface area contributed by atoms with E-state index in [1.54, 1.807) is 13.2 Å². The van der Waals surface area contributed by atoms with Gasteiger partial charge in [-0.05, 0) is 11.5 Å². The number of aromatic nitrogens is 1. The standard InChI is InChI=1S/C15H16N2O3/c1-17(10-8-13(18)20-2)15(19)14-12-6-4-3-5-11(12)7-9-16-14/h3-7,9H,8,10H2,1-2H3. The normalized spacial score (nSPS) is 10.3. The van der Waals surface area contributed by atoms with Crippen LogP contribution in [0.5, 0.6) is 0 Å². The van der Waals surface area contributed by atoms with Crippen LogP contribution in [0.15, 0.2) is 36.5 Å². The summed E-state index contributed by atoms with van der Waals surface area (Å²) in [7, 11) is 2.98. The van der Waals surface area contributed by atoms with Crippen LogP contribution in [0.4, 0.5) is 0 Å². The smallest absolute Gasteiger partial charge is 0.307 e. The third kappa shape index (κ3) is 2.93. The summed E-state index contributed by atoms with van der Waals surface area (Å²) in [5.41, 5.74) is 0.399. The van der Waals surface area contributed by atoms with E-state index < -0.39 is 0 Å². The fourth-order valence-corrected chi connectivity index (χ4v) is 1.93. The summed E-state index contributed by atoms with van der Waals surface area (Å²) < 4.78 is 4.56. The van der Waals surface area contributed by atoms with Gasteiger partial charge in [0.1, 0.15) is 5.69 Å². The van der Waals surface area contributed by atoms with Crippen molar-refractivity contribution in [2.75, 3.05) is 20.7 Å². The van der Waals surface area contributed by atoms with Crippen molar-refractivity contribution in [1.29, 1.82) is 0 Å². The SMILES string of the molecule is COC(=O)CCN(C)C(=O)c1nccc2ccccc12. The number of hydrogen-bond donors (Lipinski definition) is 0. The van der Waals surface area contributed by atoms with Crippen molar-refractivity contribution in [2.45, 2.75) is 6.42 Å². The molecule has 104 valence electrons. The molecule has 2 rings (SSSR count). The summed E-state index contributed by atoms with van der Waals surface area (Å²) in [4.78, 5) is 29.1. The van der Waals surface area contributed by atoms with Crippen LogP contribution in [0.3, 0.4) is 0 Å². The topological polar surface area (TPSA) is 59.5 Å². The summed E-state index contributed by atoms with van der Waals surface area (Å²) in [5, 5.41) is 1.78. The number of carbonyl (C=O) groups excluding carboxylic acids is 2. The van der Waals surface area contributed by atoms with E-state index in [-0.39, 0.29) is 18.3 Å². The molecule has 1 heterocycles. The first kappa shape index (κ1) is 14.0. The van der Waals surface area contributed by atoms with Crippen molar-refractivity contribution in [2.24, 2.45) is 0 Å². The fraction of sp³-hybridized carbons (Fsp3) is 0.267. The van der Waals surface area contributed by atoms with E-state index in [0.29, 0.717) is 12.2 Å². The molecule has 2 aromatic rings. The molecular weight excluding hydrogens is 256 g/mol. The molecule has 5 heteroatoms. The molecule has 0 aliphatic heterocycles. The van der Waals surface area contributed by atoms with Gasteiger partial charge in [0.15, 0.2) is 0 Å². The quantitative estimate of drug-likeness (QED) is 0.797. The molecule has 5 nitrogen and oxygen atoms in total. The van der Waals surface area contributed by atoms with Gasteiger partial charge in [-0.25, -0.2) is 0 Å². The zero-order valence-electron chi connectivity index (χ0n) is 11.5. The number of ether oxygens (including phenoxy) is 1. The lowest BCUT2D eigenvalue weighted by molar-refractivity contribution is -0.140. The van der Waals surface area contributed by atoms with Crippen LogP contribution in [-0.4, -0.2) is 42.5 Å². The van der Waals surface area contributed by atoms with E-state index in [4.69, 9.17) is 0 Å². The number of pyridine rings is 1. The molecule has 1 aromatic heterocycles. The molecule has 1 amide bonds. The maximum atomic E-state index is 12.4. The number of nitrogens with zero attached hydrogens (tertiary/aromatic N) is 2. The van der Waals surface area contributed by atoms with Crippen LogP contribution >= 0.6 is 0 Å². The van der Waals surface area contributed by atoms with Crippen LogP contribution in [0.1, 0.15) is 16.9 Å². The Morgan fingerprint density at radius 3 is 2.75 bits per heavy atom. The first-order valence-corrected chi connectivity index (χ1v) is 6.29. The van der Waals surface area contributed by atoms with E-state index in [9.17, 15) is 9.59 Å². The van der Waals surface area contributed by atoms with Gasteiger partial charge in [-0.15, -0.1) is 0 Å². The maximum Gasteiger partial charge on any atom is 0.307 e. The van der Waals surface area contributed by atoms with Crippen molar-refractivity contribution in [3.8, 4) is 0 Å². The van der Waals surface area contributed by atoms with Gasteiger partial charge in [0, 0.05) is 25.2 Å². The Labute approximate surface area is 117 Å². The predicted octanol–water partition coefficient (Wildman–Crippen LogP) is 1.87. The van der Waals surface area contributed by atoms with Gasteiger partial charge in [0.05, 0.1) is 13.5 Å². The molecule has 0 aliphatic rings. The second-order valence-corrected chi connectivity index (χ2v) is 4.43. The van der Waals surface area contributed by atoms with Gasteiger partial charge < -0.3 is 9.64 Å². The van der Waals surface area contributed by atoms with E-state index in [0.717, 1.165) is 10.8 Å². The average Bonchev–Trinajstić information content (AvgIpc) is 2.50. The fourth-order valence-electron chi connectivity index (χ4n) is 1.93. The molecule has 1 aromatic carbocycles. The van der Waals surface area contributed by atoms with Crippen molar-refractivity contribution < 1.29 is 14.3 Å². The van der Waals surface area contributed by atoms with Gasteiger partial charge in [-0.2, -0.15) is 0 Å². The van der Waals surface area contributed by atoms with E-state index >= 15 is 0 Å². The first-order chi connectivity index (χ1) is 9.63. The summed E-state index contributed by atoms with van der Waals surface area (Å²) in [6, 6.07) is 9.44. The van der Waals surface area contributed by atoms with Gasteiger partial charge in [-0.3, -0.25) is 14.6 Å². The molecule has 0 aliphatic carbocycles. The van der Waals surface area contributed by atoms with Crippen molar-refractivity contribution in [3.63, 3.8) is 0 Å². The largest absolute Gasteiger partial charge is 0.469 e.